The van der Waals surface area contributed by atoms with Crippen LogP contribution in [0.5, 0.6) is 0 Å². The van der Waals surface area contributed by atoms with Crippen molar-refractivity contribution < 1.29 is 13.2 Å². The fraction of sp³-hybridized carbons (Fsp3) is 1.00. The van der Waals surface area contributed by atoms with Gasteiger partial charge >= 0.3 is 6.18 Å². The van der Waals surface area contributed by atoms with E-state index in [1.807, 2.05) is 0 Å². The fourth-order valence-corrected chi connectivity index (χ4v) is 2.86. The molecule has 0 amide bonds. The number of nitrogens with two attached hydrogens (primary N) is 1. The lowest BCUT2D eigenvalue weighted by atomic mass is 9.80. The first-order chi connectivity index (χ1) is 8.97. The molecule has 0 aromatic rings. The van der Waals surface area contributed by atoms with Crippen LogP contribution in [0.4, 0.5) is 13.2 Å². The highest BCUT2D eigenvalue weighted by Gasteiger charge is 2.29. The average molecular weight is 280 g/mol. The monoisotopic (exact) mass is 280 g/mol. The van der Waals surface area contributed by atoms with Crippen LogP contribution in [0, 0.1) is 5.41 Å². The van der Waals surface area contributed by atoms with E-state index in [4.69, 9.17) is 5.73 Å². The number of rotatable bonds is 7. The summed E-state index contributed by atoms with van der Waals surface area (Å²) in [5, 5.41) is 3.31. The first-order valence-corrected chi connectivity index (χ1v) is 7.45. The molecule has 1 rings (SSSR count). The van der Waals surface area contributed by atoms with E-state index < -0.39 is 12.6 Å². The fourth-order valence-electron chi connectivity index (χ4n) is 2.86. The zero-order valence-corrected chi connectivity index (χ0v) is 11.7. The maximum absolute atomic E-state index is 12.0. The summed E-state index contributed by atoms with van der Waals surface area (Å²) in [6.45, 7) is 2.20. The SMILES string of the molecule is NCC1(CNCCCCC(F)(F)F)CCCCCC1. The van der Waals surface area contributed by atoms with Gasteiger partial charge < -0.3 is 11.1 Å². The van der Waals surface area contributed by atoms with E-state index in [0.29, 0.717) is 19.5 Å². The first-order valence-electron chi connectivity index (χ1n) is 7.45. The Morgan fingerprint density at radius 3 is 2.16 bits per heavy atom. The molecule has 0 radical (unpaired) electrons. The zero-order valence-electron chi connectivity index (χ0n) is 11.7. The topological polar surface area (TPSA) is 38.0 Å². The van der Waals surface area contributed by atoms with Gasteiger partial charge in [0.2, 0.25) is 0 Å². The number of nitrogens with one attached hydrogen (secondary N) is 1. The summed E-state index contributed by atoms with van der Waals surface area (Å²) in [6.07, 6.45) is 3.45. The van der Waals surface area contributed by atoms with Crippen molar-refractivity contribution in [3.63, 3.8) is 0 Å². The van der Waals surface area contributed by atoms with Gasteiger partial charge in [0.15, 0.2) is 0 Å². The second-order valence-electron chi connectivity index (χ2n) is 5.87. The van der Waals surface area contributed by atoms with Gasteiger partial charge in [-0.1, -0.05) is 25.7 Å². The van der Waals surface area contributed by atoms with Gasteiger partial charge in [0.1, 0.15) is 0 Å². The normalized spacial score (nSPS) is 20.2. The van der Waals surface area contributed by atoms with Gasteiger partial charge in [0.25, 0.3) is 0 Å². The van der Waals surface area contributed by atoms with Gasteiger partial charge in [-0.3, -0.25) is 0 Å². The van der Waals surface area contributed by atoms with E-state index in [0.717, 1.165) is 19.4 Å². The Labute approximate surface area is 114 Å². The minimum Gasteiger partial charge on any atom is -0.330 e. The Morgan fingerprint density at radius 1 is 1.00 bits per heavy atom. The number of hydrogen-bond acceptors (Lipinski definition) is 2. The van der Waals surface area contributed by atoms with Crippen molar-refractivity contribution in [3.8, 4) is 0 Å². The number of hydrogen-bond donors (Lipinski definition) is 2. The molecule has 0 aromatic heterocycles. The molecule has 2 nitrogen and oxygen atoms in total. The third-order valence-corrected chi connectivity index (χ3v) is 4.16. The predicted molar refractivity (Wildman–Crippen MR) is 72.0 cm³/mol. The molecular formula is C14H27F3N2. The Kier molecular flexibility index (Phi) is 7.15. The molecule has 0 spiro atoms. The third kappa shape index (κ3) is 7.16. The lowest BCUT2D eigenvalue weighted by Gasteiger charge is -2.31. The molecule has 3 N–H and O–H groups in total. The Bertz CT molecular complexity index is 233. The number of alkyl halides is 3. The van der Waals surface area contributed by atoms with Crippen LogP contribution >= 0.6 is 0 Å². The van der Waals surface area contributed by atoms with E-state index in [2.05, 4.69) is 5.32 Å². The molecule has 114 valence electrons. The quantitative estimate of drug-likeness (QED) is 0.552. The van der Waals surface area contributed by atoms with E-state index in [-0.39, 0.29) is 11.8 Å². The molecular weight excluding hydrogens is 253 g/mol. The summed E-state index contributed by atoms with van der Waals surface area (Å²) in [5.74, 6) is 0. The Balaban J connectivity index is 2.15. The summed E-state index contributed by atoms with van der Waals surface area (Å²) in [5.41, 5.74) is 6.10. The highest BCUT2D eigenvalue weighted by molar-refractivity contribution is 4.84. The van der Waals surface area contributed by atoms with Gasteiger partial charge in [-0.05, 0) is 44.2 Å². The minimum atomic E-state index is -4.01. The second-order valence-corrected chi connectivity index (χ2v) is 5.87. The lowest BCUT2D eigenvalue weighted by molar-refractivity contribution is -0.135. The summed E-state index contributed by atoms with van der Waals surface area (Å²) in [7, 11) is 0. The first kappa shape index (κ1) is 16.8. The van der Waals surface area contributed by atoms with E-state index >= 15 is 0 Å². The highest BCUT2D eigenvalue weighted by atomic mass is 19.4. The van der Waals surface area contributed by atoms with Gasteiger partial charge in [-0.25, -0.2) is 0 Å². The number of unbranched alkanes of at least 4 members (excludes halogenated alkanes) is 1. The molecule has 1 saturated carbocycles. The molecule has 1 aliphatic rings. The van der Waals surface area contributed by atoms with Crippen LogP contribution in [0.1, 0.15) is 57.8 Å². The Hall–Kier alpha value is -0.290. The summed E-state index contributed by atoms with van der Waals surface area (Å²) in [4.78, 5) is 0. The Morgan fingerprint density at radius 2 is 1.63 bits per heavy atom. The molecule has 0 unspecified atom stereocenters. The van der Waals surface area contributed by atoms with Gasteiger partial charge in [-0.2, -0.15) is 13.2 Å². The molecule has 1 aliphatic carbocycles. The molecule has 0 aromatic carbocycles. The molecule has 0 atom stereocenters. The van der Waals surface area contributed by atoms with Crippen LogP contribution in [0.15, 0.2) is 0 Å². The van der Waals surface area contributed by atoms with Crippen molar-refractivity contribution >= 4 is 0 Å². The molecule has 19 heavy (non-hydrogen) atoms. The van der Waals surface area contributed by atoms with Crippen molar-refractivity contribution in [1.82, 2.24) is 5.32 Å². The van der Waals surface area contributed by atoms with Crippen molar-refractivity contribution in [1.29, 1.82) is 0 Å². The van der Waals surface area contributed by atoms with E-state index in [1.165, 1.54) is 25.7 Å². The van der Waals surface area contributed by atoms with Crippen LogP contribution in [0.25, 0.3) is 0 Å². The van der Waals surface area contributed by atoms with Crippen LogP contribution in [0.3, 0.4) is 0 Å². The second kappa shape index (κ2) is 8.10. The maximum atomic E-state index is 12.0. The molecule has 0 bridgehead atoms. The maximum Gasteiger partial charge on any atom is 0.389 e. The largest absolute Gasteiger partial charge is 0.389 e. The van der Waals surface area contributed by atoms with Crippen molar-refractivity contribution in [2.75, 3.05) is 19.6 Å². The summed E-state index contributed by atoms with van der Waals surface area (Å²) in [6, 6.07) is 0. The smallest absolute Gasteiger partial charge is 0.330 e. The van der Waals surface area contributed by atoms with Crippen LogP contribution in [-0.4, -0.2) is 25.8 Å². The van der Waals surface area contributed by atoms with Crippen molar-refractivity contribution in [2.45, 2.75) is 64.0 Å². The van der Waals surface area contributed by atoms with E-state index in [1.54, 1.807) is 0 Å². The predicted octanol–water partition coefficient (Wildman–Crippen LogP) is 3.61. The van der Waals surface area contributed by atoms with Gasteiger partial charge in [0.05, 0.1) is 0 Å². The van der Waals surface area contributed by atoms with Crippen molar-refractivity contribution in [3.05, 3.63) is 0 Å². The molecule has 1 fully saturated rings. The summed E-state index contributed by atoms with van der Waals surface area (Å²) < 4.78 is 35.9. The van der Waals surface area contributed by atoms with Crippen LogP contribution < -0.4 is 11.1 Å². The van der Waals surface area contributed by atoms with E-state index in [9.17, 15) is 13.2 Å². The minimum absolute atomic E-state index is 0.181. The van der Waals surface area contributed by atoms with Crippen molar-refractivity contribution in [2.24, 2.45) is 11.1 Å². The zero-order chi connectivity index (χ0) is 14.2. The van der Waals surface area contributed by atoms with Gasteiger partial charge in [0, 0.05) is 13.0 Å². The lowest BCUT2D eigenvalue weighted by Crippen LogP contribution is -2.40. The molecule has 0 aliphatic heterocycles. The standard InChI is InChI=1S/C14H27F3N2/c15-14(16,17)9-5-6-10-19-12-13(11-18)7-3-1-2-4-8-13/h19H,1-12,18H2. The van der Waals surface area contributed by atoms with Crippen LogP contribution in [-0.2, 0) is 0 Å². The average Bonchev–Trinajstić information content (AvgIpc) is 2.58. The summed E-state index contributed by atoms with van der Waals surface area (Å²) >= 11 is 0. The third-order valence-electron chi connectivity index (χ3n) is 4.16. The molecule has 5 heteroatoms. The highest BCUT2D eigenvalue weighted by Crippen LogP contribution is 2.33. The number of halogens is 3. The van der Waals surface area contributed by atoms with Crippen LogP contribution in [0.2, 0.25) is 0 Å². The van der Waals surface area contributed by atoms with Gasteiger partial charge in [-0.15, -0.1) is 0 Å². The molecule has 0 heterocycles. The molecule has 0 saturated heterocycles.